The molecular weight excluding hydrogens is 519 g/mol. The topological polar surface area (TPSA) is 40.1 Å². The van der Waals surface area contributed by atoms with Crippen LogP contribution in [0.15, 0.2) is 46.8 Å². The Morgan fingerprint density at radius 1 is 1.23 bits per heavy atom. The number of ether oxygens (including phenoxy) is 1. The van der Waals surface area contributed by atoms with E-state index >= 15 is 0 Å². The number of guanidine groups is 1. The van der Waals surface area contributed by atoms with Crippen LogP contribution < -0.4 is 10.1 Å². The summed E-state index contributed by atoms with van der Waals surface area (Å²) in [7, 11) is 3.86. The van der Waals surface area contributed by atoms with Gasteiger partial charge in [0.05, 0.1) is 7.11 Å². The van der Waals surface area contributed by atoms with Gasteiger partial charge in [-0.2, -0.15) is 0 Å². The van der Waals surface area contributed by atoms with Crippen molar-refractivity contribution in [2.75, 3.05) is 46.9 Å². The number of hydrogen-bond donors (Lipinski definition) is 1. The van der Waals surface area contributed by atoms with E-state index in [-0.39, 0.29) is 24.0 Å². The molecule has 0 aliphatic carbocycles. The highest BCUT2D eigenvalue weighted by Gasteiger charge is 2.19. The van der Waals surface area contributed by atoms with Gasteiger partial charge >= 0.3 is 0 Å². The van der Waals surface area contributed by atoms with E-state index in [1.807, 2.05) is 23.5 Å². The summed E-state index contributed by atoms with van der Waals surface area (Å²) in [5.41, 5.74) is 1.36. The molecule has 1 aliphatic heterocycles. The third-order valence-corrected chi connectivity index (χ3v) is 6.68. The Labute approximate surface area is 208 Å². The van der Waals surface area contributed by atoms with E-state index in [4.69, 9.17) is 9.73 Å². The average Bonchev–Trinajstić information content (AvgIpc) is 3.30. The van der Waals surface area contributed by atoms with Gasteiger partial charge in [0.2, 0.25) is 0 Å². The standard InChI is InChI=1S/C24H36N4OS.HI/c1-4-25-24(27(2)14-13-23-6-5-17-30-23)26-18-20-11-15-28(16-12-20)19-21-7-9-22(29-3)10-8-21;/h5-10,17,20H,4,11-16,18-19H2,1-3H3,(H,25,26);1H. The molecule has 172 valence electrons. The third-order valence-electron chi connectivity index (χ3n) is 5.74. The number of piperidine rings is 1. The summed E-state index contributed by atoms with van der Waals surface area (Å²) in [6, 6.07) is 12.8. The Balaban J connectivity index is 0.00000341. The number of hydrogen-bond acceptors (Lipinski definition) is 4. The lowest BCUT2D eigenvalue weighted by Gasteiger charge is -2.31. The van der Waals surface area contributed by atoms with E-state index in [1.165, 1.54) is 23.3 Å². The fourth-order valence-electron chi connectivity index (χ4n) is 3.84. The second-order valence-electron chi connectivity index (χ2n) is 8.01. The molecule has 1 aliphatic rings. The van der Waals surface area contributed by atoms with Crippen LogP contribution in [0.4, 0.5) is 0 Å². The molecule has 0 spiro atoms. The van der Waals surface area contributed by atoms with Gasteiger partial charge in [-0.25, -0.2) is 0 Å². The van der Waals surface area contributed by atoms with Crippen molar-refractivity contribution in [3.05, 3.63) is 52.2 Å². The van der Waals surface area contributed by atoms with Gasteiger partial charge in [-0.15, -0.1) is 35.3 Å². The smallest absolute Gasteiger partial charge is 0.193 e. The van der Waals surface area contributed by atoms with Crippen molar-refractivity contribution in [2.45, 2.75) is 32.7 Å². The Kier molecular flexibility index (Phi) is 11.7. The Hall–Kier alpha value is -1.32. The zero-order chi connectivity index (χ0) is 21.2. The first kappa shape index (κ1) is 25.9. The lowest BCUT2D eigenvalue weighted by molar-refractivity contribution is 0.180. The van der Waals surface area contributed by atoms with Gasteiger partial charge in [0.15, 0.2) is 5.96 Å². The number of nitrogens with zero attached hydrogens (tertiary/aromatic N) is 3. The van der Waals surface area contributed by atoms with Crippen LogP contribution in [0.2, 0.25) is 0 Å². The fraction of sp³-hybridized carbons (Fsp3) is 0.542. The molecule has 3 rings (SSSR count). The largest absolute Gasteiger partial charge is 0.497 e. The SMILES string of the molecule is CCNC(=NCC1CCN(Cc2ccc(OC)cc2)CC1)N(C)CCc1cccs1.I. The maximum absolute atomic E-state index is 5.25. The number of thiophene rings is 1. The number of benzene rings is 1. The van der Waals surface area contributed by atoms with Crippen LogP contribution in [-0.4, -0.2) is 62.6 Å². The molecule has 0 bridgehead atoms. The monoisotopic (exact) mass is 556 g/mol. The summed E-state index contributed by atoms with van der Waals surface area (Å²) in [5, 5.41) is 5.61. The van der Waals surface area contributed by atoms with E-state index in [0.717, 1.165) is 57.4 Å². The van der Waals surface area contributed by atoms with Crippen LogP contribution in [0.5, 0.6) is 5.75 Å². The van der Waals surface area contributed by atoms with E-state index < -0.39 is 0 Å². The molecule has 31 heavy (non-hydrogen) atoms. The zero-order valence-electron chi connectivity index (χ0n) is 19.0. The molecule has 1 aromatic heterocycles. The van der Waals surface area contributed by atoms with Crippen molar-refractivity contribution in [2.24, 2.45) is 10.9 Å². The summed E-state index contributed by atoms with van der Waals surface area (Å²) in [5.74, 6) is 2.64. The molecule has 7 heteroatoms. The summed E-state index contributed by atoms with van der Waals surface area (Å²) in [6.45, 7) is 8.28. The minimum atomic E-state index is 0. The maximum Gasteiger partial charge on any atom is 0.193 e. The molecule has 0 saturated carbocycles. The van der Waals surface area contributed by atoms with Gasteiger partial charge in [-0.3, -0.25) is 9.89 Å². The molecule has 0 atom stereocenters. The molecule has 1 aromatic carbocycles. The van der Waals surface area contributed by atoms with Crippen LogP contribution in [0, 0.1) is 5.92 Å². The van der Waals surface area contributed by atoms with E-state index in [2.05, 4.69) is 58.7 Å². The third kappa shape index (κ3) is 8.61. The first-order valence-electron chi connectivity index (χ1n) is 11.0. The highest BCUT2D eigenvalue weighted by molar-refractivity contribution is 14.0. The second kappa shape index (κ2) is 14.0. The van der Waals surface area contributed by atoms with Gasteiger partial charge in [0.25, 0.3) is 0 Å². The molecule has 2 heterocycles. The highest BCUT2D eigenvalue weighted by Crippen LogP contribution is 2.20. The normalized spacial score (nSPS) is 15.4. The molecule has 1 fully saturated rings. The Morgan fingerprint density at radius 3 is 2.58 bits per heavy atom. The number of methoxy groups -OCH3 is 1. The molecule has 0 unspecified atom stereocenters. The van der Waals surface area contributed by atoms with Gasteiger partial charge in [0, 0.05) is 38.1 Å². The van der Waals surface area contributed by atoms with Crippen LogP contribution in [0.25, 0.3) is 0 Å². The van der Waals surface area contributed by atoms with Gasteiger partial charge < -0.3 is 15.0 Å². The number of aliphatic imine (C=N–C) groups is 1. The first-order valence-corrected chi connectivity index (χ1v) is 11.9. The molecule has 1 saturated heterocycles. The van der Waals surface area contributed by atoms with Gasteiger partial charge in [-0.1, -0.05) is 18.2 Å². The molecule has 1 N–H and O–H groups in total. The lowest BCUT2D eigenvalue weighted by atomic mass is 9.96. The Bertz CT molecular complexity index is 758. The number of rotatable bonds is 9. The highest BCUT2D eigenvalue weighted by atomic mass is 127. The van der Waals surface area contributed by atoms with E-state index in [0.29, 0.717) is 5.92 Å². The lowest BCUT2D eigenvalue weighted by Crippen LogP contribution is -2.40. The average molecular weight is 557 g/mol. The van der Waals surface area contributed by atoms with Gasteiger partial charge in [-0.05, 0) is 74.3 Å². The molecule has 0 radical (unpaired) electrons. The fourth-order valence-corrected chi connectivity index (χ4v) is 4.54. The van der Waals surface area contributed by atoms with Crippen LogP contribution in [0.1, 0.15) is 30.2 Å². The zero-order valence-corrected chi connectivity index (χ0v) is 22.2. The number of nitrogens with one attached hydrogen (secondary N) is 1. The van der Waals surface area contributed by atoms with E-state index in [1.54, 1.807) is 7.11 Å². The van der Waals surface area contributed by atoms with Crippen LogP contribution >= 0.6 is 35.3 Å². The minimum Gasteiger partial charge on any atom is -0.497 e. The van der Waals surface area contributed by atoms with Crippen molar-refractivity contribution >= 4 is 41.3 Å². The number of likely N-dealkylation sites (N-methyl/N-ethyl adjacent to an activating group) is 1. The minimum absolute atomic E-state index is 0. The van der Waals surface area contributed by atoms with Crippen molar-refractivity contribution in [1.82, 2.24) is 15.1 Å². The van der Waals surface area contributed by atoms with Crippen LogP contribution in [0.3, 0.4) is 0 Å². The Morgan fingerprint density at radius 2 is 1.97 bits per heavy atom. The van der Waals surface area contributed by atoms with Crippen molar-refractivity contribution in [3.63, 3.8) is 0 Å². The second-order valence-corrected chi connectivity index (χ2v) is 9.05. The molecule has 5 nitrogen and oxygen atoms in total. The molecule has 2 aromatic rings. The van der Waals surface area contributed by atoms with Crippen molar-refractivity contribution in [1.29, 1.82) is 0 Å². The summed E-state index contributed by atoms with van der Waals surface area (Å²) < 4.78 is 5.25. The van der Waals surface area contributed by atoms with Crippen LogP contribution in [-0.2, 0) is 13.0 Å². The summed E-state index contributed by atoms with van der Waals surface area (Å²) in [6.07, 6.45) is 3.51. The predicted molar refractivity (Wildman–Crippen MR) is 143 cm³/mol. The number of likely N-dealkylation sites (tertiary alicyclic amines) is 1. The quantitative estimate of drug-likeness (QED) is 0.276. The van der Waals surface area contributed by atoms with Crippen molar-refractivity contribution in [3.8, 4) is 5.75 Å². The number of halogens is 1. The van der Waals surface area contributed by atoms with Crippen molar-refractivity contribution < 1.29 is 4.74 Å². The van der Waals surface area contributed by atoms with Gasteiger partial charge in [0.1, 0.15) is 5.75 Å². The summed E-state index contributed by atoms with van der Waals surface area (Å²) >= 11 is 1.83. The molecule has 0 amide bonds. The summed E-state index contributed by atoms with van der Waals surface area (Å²) in [4.78, 5) is 11.2. The first-order chi connectivity index (χ1) is 14.7. The maximum atomic E-state index is 5.25. The van der Waals surface area contributed by atoms with E-state index in [9.17, 15) is 0 Å². The predicted octanol–water partition coefficient (Wildman–Crippen LogP) is 4.73. The molecular formula is C24H37IN4OS.